The SMILES string of the molecule is COc1cccc(CN(C(=O)CN(c2ccccc2OC)S(=O)(=O)c2ccc(C)cc2)[C@@H](Cc2ccccc2)C(=O)NC(C)C)c1. The Hall–Kier alpha value is -4.83. The average Bonchev–Trinajstić information content (AvgIpc) is 3.05. The second-order valence-electron chi connectivity index (χ2n) is 11.2. The molecule has 0 aliphatic rings. The van der Waals surface area contributed by atoms with Gasteiger partial charge in [-0.2, -0.15) is 0 Å². The molecule has 0 saturated carbocycles. The molecule has 0 bridgehead atoms. The molecule has 1 N–H and O–H groups in total. The Labute approximate surface area is 271 Å². The minimum Gasteiger partial charge on any atom is -0.497 e. The second-order valence-corrected chi connectivity index (χ2v) is 13.1. The number of para-hydroxylation sites is 2. The molecule has 0 unspecified atom stereocenters. The molecule has 242 valence electrons. The van der Waals surface area contributed by atoms with Crippen molar-refractivity contribution >= 4 is 27.5 Å². The van der Waals surface area contributed by atoms with E-state index >= 15 is 0 Å². The zero-order chi connectivity index (χ0) is 33.3. The van der Waals surface area contributed by atoms with Crippen LogP contribution in [0.15, 0.2) is 108 Å². The lowest BCUT2D eigenvalue weighted by Gasteiger charge is -2.34. The number of methoxy groups -OCH3 is 2. The number of nitrogens with one attached hydrogen (secondary N) is 1. The molecule has 0 aliphatic heterocycles. The lowest BCUT2D eigenvalue weighted by atomic mass is 10.0. The van der Waals surface area contributed by atoms with Crippen LogP contribution in [0, 0.1) is 6.92 Å². The molecule has 0 radical (unpaired) electrons. The number of benzene rings is 4. The van der Waals surface area contributed by atoms with Gasteiger partial charge in [-0.05, 0) is 68.3 Å². The zero-order valence-electron chi connectivity index (χ0n) is 26.8. The van der Waals surface area contributed by atoms with Crippen LogP contribution in [0.4, 0.5) is 5.69 Å². The minimum atomic E-state index is -4.25. The van der Waals surface area contributed by atoms with Crippen molar-refractivity contribution in [2.24, 2.45) is 0 Å². The van der Waals surface area contributed by atoms with Gasteiger partial charge in [-0.25, -0.2) is 8.42 Å². The smallest absolute Gasteiger partial charge is 0.264 e. The quantitative estimate of drug-likeness (QED) is 0.198. The van der Waals surface area contributed by atoms with Crippen molar-refractivity contribution in [1.29, 1.82) is 0 Å². The van der Waals surface area contributed by atoms with Crippen LogP contribution in [-0.2, 0) is 32.6 Å². The first-order chi connectivity index (χ1) is 22.0. The molecule has 46 heavy (non-hydrogen) atoms. The van der Waals surface area contributed by atoms with Crippen LogP contribution >= 0.6 is 0 Å². The van der Waals surface area contributed by atoms with E-state index < -0.39 is 28.5 Å². The van der Waals surface area contributed by atoms with E-state index in [-0.39, 0.29) is 41.2 Å². The van der Waals surface area contributed by atoms with Gasteiger partial charge in [0, 0.05) is 19.0 Å². The van der Waals surface area contributed by atoms with Crippen LogP contribution in [0.2, 0.25) is 0 Å². The van der Waals surface area contributed by atoms with E-state index in [2.05, 4.69) is 5.32 Å². The Morgan fingerprint density at radius 1 is 0.804 bits per heavy atom. The van der Waals surface area contributed by atoms with Crippen LogP contribution in [0.5, 0.6) is 11.5 Å². The molecular weight excluding hydrogens is 602 g/mol. The molecule has 4 aromatic carbocycles. The van der Waals surface area contributed by atoms with Crippen molar-refractivity contribution < 1.29 is 27.5 Å². The van der Waals surface area contributed by atoms with Gasteiger partial charge < -0.3 is 19.7 Å². The maximum atomic E-state index is 14.6. The van der Waals surface area contributed by atoms with E-state index in [4.69, 9.17) is 9.47 Å². The number of anilines is 1. The Bertz CT molecular complexity index is 1730. The molecule has 0 saturated heterocycles. The number of nitrogens with zero attached hydrogens (tertiary/aromatic N) is 2. The standard InChI is InChI=1S/C36H41N3O6S/c1-26(2)37-36(41)33(23-28-12-7-6-8-13-28)38(24-29-14-11-15-30(22-29)44-4)35(40)25-39(32-16-9-10-17-34(32)45-5)46(42,43)31-20-18-27(3)19-21-31/h6-22,26,33H,23-25H2,1-5H3,(H,37,41)/t33-/m0/s1. The van der Waals surface area contributed by atoms with E-state index in [1.807, 2.05) is 57.2 Å². The van der Waals surface area contributed by atoms with E-state index in [0.29, 0.717) is 11.3 Å². The summed E-state index contributed by atoms with van der Waals surface area (Å²) in [5.74, 6) is -0.0398. The number of rotatable bonds is 14. The number of aryl methyl sites for hydroxylation is 1. The third-order valence-electron chi connectivity index (χ3n) is 7.43. The van der Waals surface area contributed by atoms with Gasteiger partial charge in [0.1, 0.15) is 24.1 Å². The first-order valence-corrected chi connectivity index (χ1v) is 16.5. The normalized spacial score (nSPS) is 11.9. The number of amides is 2. The molecule has 0 fully saturated rings. The Morgan fingerprint density at radius 2 is 1.46 bits per heavy atom. The fourth-order valence-electron chi connectivity index (χ4n) is 5.09. The number of hydrogen-bond donors (Lipinski definition) is 1. The van der Waals surface area contributed by atoms with Gasteiger partial charge in [0.15, 0.2) is 0 Å². The van der Waals surface area contributed by atoms with Crippen LogP contribution in [0.1, 0.15) is 30.5 Å². The largest absolute Gasteiger partial charge is 0.497 e. The molecule has 0 spiro atoms. The Kier molecular flexibility index (Phi) is 11.4. The monoisotopic (exact) mass is 643 g/mol. The van der Waals surface area contributed by atoms with Crippen LogP contribution in [-0.4, -0.2) is 58.0 Å². The van der Waals surface area contributed by atoms with Crippen molar-refractivity contribution in [3.05, 3.63) is 120 Å². The first-order valence-electron chi connectivity index (χ1n) is 15.0. The molecule has 1 atom stereocenters. The van der Waals surface area contributed by atoms with Gasteiger partial charge in [0.25, 0.3) is 10.0 Å². The number of carbonyl (C=O) groups is 2. The van der Waals surface area contributed by atoms with Crippen molar-refractivity contribution in [3.8, 4) is 11.5 Å². The molecule has 0 heterocycles. The molecule has 10 heteroatoms. The molecule has 9 nitrogen and oxygen atoms in total. The topological polar surface area (TPSA) is 105 Å². The van der Waals surface area contributed by atoms with Crippen LogP contribution in [0.3, 0.4) is 0 Å². The summed E-state index contributed by atoms with van der Waals surface area (Å²) in [4.78, 5) is 29.9. The fourth-order valence-corrected chi connectivity index (χ4v) is 6.51. The number of sulfonamides is 1. The van der Waals surface area contributed by atoms with E-state index in [0.717, 1.165) is 15.4 Å². The molecule has 0 aliphatic carbocycles. The third-order valence-corrected chi connectivity index (χ3v) is 9.20. The Morgan fingerprint density at radius 3 is 2.11 bits per heavy atom. The van der Waals surface area contributed by atoms with Gasteiger partial charge in [0.05, 0.1) is 24.8 Å². The summed E-state index contributed by atoms with van der Waals surface area (Å²) >= 11 is 0. The second kappa shape index (κ2) is 15.4. The van der Waals surface area contributed by atoms with Crippen molar-refractivity contribution in [2.75, 3.05) is 25.1 Å². The lowest BCUT2D eigenvalue weighted by Crippen LogP contribution is -2.54. The molecule has 4 aromatic rings. The van der Waals surface area contributed by atoms with Gasteiger partial charge in [0.2, 0.25) is 11.8 Å². The predicted octanol–water partition coefficient (Wildman–Crippen LogP) is 5.37. The average molecular weight is 644 g/mol. The van der Waals surface area contributed by atoms with Gasteiger partial charge >= 0.3 is 0 Å². The number of carbonyl (C=O) groups excluding carboxylic acids is 2. The first kappa shape index (κ1) is 34.1. The zero-order valence-corrected chi connectivity index (χ0v) is 27.7. The molecule has 4 rings (SSSR count). The molecule has 2 amide bonds. The summed E-state index contributed by atoms with van der Waals surface area (Å²) < 4.78 is 40.5. The summed E-state index contributed by atoms with van der Waals surface area (Å²) in [7, 11) is -1.26. The summed E-state index contributed by atoms with van der Waals surface area (Å²) in [6, 6.07) is 28.6. The highest BCUT2D eigenvalue weighted by Gasteiger charge is 2.35. The summed E-state index contributed by atoms with van der Waals surface area (Å²) in [5.41, 5.74) is 2.66. The number of ether oxygens (including phenoxy) is 2. The fraction of sp³-hybridized carbons (Fsp3) is 0.278. The van der Waals surface area contributed by atoms with Crippen molar-refractivity contribution in [2.45, 2.75) is 50.7 Å². The van der Waals surface area contributed by atoms with E-state index in [1.165, 1.54) is 24.1 Å². The van der Waals surface area contributed by atoms with Gasteiger partial charge in [-0.15, -0.1) is 0 Å². The highest BCUT2D eigenvalue weighted by Crippen LogP contribution is 2.33. The van der Waals surface area contributed by atoms with Crippen molar-refractivity contribution in [3.63, 3.8) is 0 Å². The number of hydrogen-bond acceptors (Lipinski definition) is 6. The highest BCUT2D eigenvalue weighted by molar-refractivity contribution is 7.92. The van der Waals surface area contributed by atoms with Crippen LogP contribution < -0.4 is 19.1 Å². The molecule has 0 aromatic heterocycles. The lowest BCUT2D eigenvalue weighted by molar-refractivity contribution is -0.140. The van der Waals surface area contributed by atoms with Gasteiger partial charge in [-0.3, -0.25) is 13.9 Å². The van der Waals surface area contributed by atoms with Crippen LogP contribution in [0.25, 0.3) is 0 Å². The van der Waals surface area contributed by atoms with Crippen molar-refractivity contribution in [1.82, 2.24) is 10.2 Å². The molecular formula is C36H41N3O6S. The van der Waals surface area contributed by atoms with E-state index in [1.54, 1.807) is 61.7 Å². The maximum Gasteiger partial charge on any atom is 0.264 e. The minimum absolute atomic E-state index is 0.0227. The highest BCUT2D eigenvalue weighted by atomic mass is 32.2. The van der Waals surface area contributed by atoms with Gasteiger partial charge in [-0.1, -0.05) is 72.3 Å². The predicted molar refractivity (Wildman–Crippen MR) is 179 cm³/mol. The summed E-state index contributed by atoms with van der Waals surface area (Å²) in [5, 5.41) is 2.96. The summed E-state index contributed by atoms with van der Waals surface area (Å²) in [6.45, 7) is 5.01. The maximum absolute atomic E-state index is 14.6. The third kappa shape index (κ3) is 8.45. The summed E-state index contributed by atoms with van der Waals surface area (Å²) in [6.07, 6.45) is 0.217. The van der Waals surface area contributed by atoms with E-state index in [9.17, 15) is 18.0 Å². The Balaban J connectivity index is 1.84.